The molecule has 4 nitrogen and oxygen atoms in total. The number of anilines is 1. The van der Waals surface area contributed by atoms with Gasteiger partial charge in [-0.15, -0.1) is 0 Å². The summed E-state index contributed by atoms with van der Waals surface area (Å²) in [5, 5.41) is 11.1. The molecule has 1 aromatic rings. The van der Waals surface area contributed by atoms with Crippen molar-refractivity contribution in [3.8, 4) is 0 Å². The second kappa shape index (κ2) is 5.70. The highest BCUT2D eigenvalue weighted by Gasteiger charge is 1.97. The van der Waals surface area contributed by atoms with Crippen LogP contribution in [0, 0.1) is 0 Å². The van der Waals surface area contributed by atoms with E-state index in [-0.39, 0.29) is 5.91 Å². The van der Waals surface area contributed by atoms with Gasteiger partial charge in [-0.25, -0.2) is 4.79 Å². The van der Waals surface area contributed by atoms with Crippen LogP contribution in [-0.4, -0.2) is 17.0 Å². The highest BCUT2D eigenvalue weighted by molar-refractivity contribution is 5.90. The van der Waals surface area contributed by atoms with Crippen LogP contribution in [0.5, 0.6) is 0 Å². The summed E-state index contributed by atoms with van der Waals surface area (Å²) in [6.07, 6.45) is 2.99. The van der Waals surface area contributed by atoms with Crippen molar-refractivity contribution in [1.82, 2.24) is 0 Å². The van der Waals surface area contributed by atoms with Crippen molar-refractivity contribution in [1.29, 1.82) is 0 Å². The largest absolute Gasteiger partial charge is 0.478 e. The lowest BCUT2D eigenvalue weighted by molar-refractivity contribution is -0.131. The number of hydrogen-bond donors (Lipinski definition) is 2. The smallest absolute Gasteiger partial charge is 0.328 e. The molecule has 0 heterocycles. The number of nitrogens with one attached hydrogen (secondary N) is 1. The Morgan fingerprint density at radius 3 is 2.44 bits per heavy atom. The zero-order valence-corrected chi connectivity index (χ0v) is 8.93. The minimum absolute atomic E-state index is 0.0474. The molecule has 1 rings (SSSR count). The van der Waals surface area contributed by atoms with Crippen molar-refractivity contribution in [2.24, 2.45) is 0 Å². The quantitative estimate of drug-likeness (QED) is 0.762. The third-order valence-corrected chi connectivity index (χ3v) is 1.93. The molecule has 16 heavy (non-hydrogen) atoms. The maximum absolute atomic E-state index is 11.1. The van der Waals surface area contributed by atoms with Gasteiger partial charge in [0.15, 0.2) is 0 Å². The Bertz CT molecular complexity index is 407. The van der Waals surface area contributed by atoms with E-state index in [1.807, 2.05) is 0 Å². The van der Waals surface area contributed by atoms with E-state index in [2.05, 4.69) is 5.32 Å². The first-order valence-electron chi connectivity index (χ1n) is 4.92. The normalized spacial score (nSPS) is 10.3. The SMILES string of the molecule is CCC(=O)Nc1ccc(C=CC(=O)O)cc1. The summed E-state index contributed by atoms with van der Waals surface area (Å²) in [6, 6.07) is 6.94. The van der Waals surface area contributed by atoms with Crippen LogP contribution in [0.1, 0.15) is 18.9 Å². The van der Waals surface area contributed by atoms with Crippen LogP contribution in [-0.2, 0) is 9.59 Å². The first kappa shape index (κ1) is 12.0. The average Bonchev–Trinajstić information content (AvgIpc) is 2.28. The van der Waals surface area contributed by atoms with Gasteiger partial charge in [-0.3, -0.25) is 4.79 Å². The molecule has 1 aromatic carbocycles. The van der Waals surface area contributed by atoms with Crippen molar-refractivity contribution in [2.45, 2.75) is 13.3 Å². The Morgan fingerprint density at radius 1 is 1.31 bits per heavy atom. The Morgan fingerprint density at radius 2 is 1.94 bits per heavy atom. The van der Waals surface area contributed by atoms with Crippen LogP contribution >= 0.6 is 0 Å². The lowest BCUT2D eigenvalue weighted by atomic mass is 10.2. The standard InChI is InChI=1S/C12H13NO3/c1-2-11(14)13-10-6-3-9(4-7-10)5-8-12(15)16/h3-8H,2H2,1H3,(H,13,14)(H,15,16). The van der Waals surface area contributed by atoms with E-state index in [1.54, 1.807) is 31.2 Å². The van der Waals surface area contributed by atoms with Crippen molar-refractivity contribution in [2.75, 3.05) is 5.32 Å². The van der Waals surface area contributed by atoms with Gasteiger partial charge in [-0.2, -0.15) is 0 Å². The van der Waals surface area contributed by atoms with Gasteiger partial charge in [0.2, 0.25) is 5.91 Å². The summed E-state index contributed by atoms with van der Waals surface area (Å²) in [4.78, 5) is 21.4. The topological polar surface area (TPSA) is 66.4 Å². The molecule has 0 fully saturated rings. The third-order valence-electron chi connectivity index (χ3n) is 1.93. The molecule has 0 aliphatic carbocycles. The van der Waals surface area contributed by atoms with Crippen molar-refractivity contribution in [3.05, 3.63) is 35.9 Å². The Kier molecular flexibility index (Phi) is 4.27. The summed E-state index contributed by atoms with van der Waals surface area (Å²) in [7, 11) is 0. The molecule has 1 amide bonds. The van der Waals surface area contributed by atoms with Crippen LogP contribution < -0.4 is 5.32 Å². The van der Waals surface area contributed by atoms with Crippen molar-refractivity contribution >= 4 is 23.6 Å². The molecule has 0 saturated carbocycles. The van der Waals surface area contributed by atoms with Crippen molar-refractivity contribution in [3.63, 3.8) is 0 Å². The molecule has 0 aliphatic rings. The van der Waals surface area contributed by atoms with Gasteiger partial charge in [-0.05, 0) is 23.8 Å². The summed E-state index contributed by atoms with van der Waals surface area (Å²) in [6.45, 7) is 1.78. The monoisotopic (exact) mass is 219 g/mol. The maximum atomic E-state index is 11.1. The van der Waals surface area contributed by atoms with Gasteiger partial charge in [0.1, 0.15) is 0 Å². The fourth-order valence-corrected chi connectivity index (χ4v) is 1.09. The van der Waals surface area contributed by atoms with Crippen LogP contribution in [0.4, 0.5) is 5.69 Å². The maximum Gasteiger partial charge on any atom is 0.328 e. The molecule has 0 spiro atoms. The number of hydrogen-bond acceptors (Lipinski definition) is 2. The van der Waals surface area contributed by atoms with E-state index in [1.165, 1.54) is 6.08 Å². The molecule has 0 bridgehead atoms. The Labute approximate surface area is 93.6 Å². The van der Waals surface area contributed by atoms with E-state index in [4.69, 9.17) is 5.11 Å². The lowest BCUT2D eigenvalue weighted by Gasteiger charge is -2.03. The fourth-order valence-electron chi connectivity index (χ4n) is 1.09. The van der Waals surface area contributed by atoms with Crippen molar-refractivity contribution < 1.29 is 14.7 Å². The molecule has 0 atom stereocenters. The predicted molar refractivity (Wildman–Crippen MR) is 62.0 cm³/mol. The first-order chi connectivity index (χ1) is 7.61. The van der Waals surface area contributed by atoms with Gasteiger partial charge in [0, 0.05) is 18.2 Å². The predicted octanol–water partition coefficient (Wildman–Crippen LogP) is 2.13. The number of amides is 1. The number of rotatable bonds is 4. The van der Waals surface area contributed by atoms with Gasteiger partial charge < -0.3 is 10.4 Å². The highest BCUT2D eigenvalue weighted by atomic mass is 16.4. The summed E-state index contributed by atoms with van der Waals surface area (Å²) >= 11 is 0. The zero-order chi connectivity index (χ0) is 12.0. The summed E-state index contributed by atoms with van der Waals surface area (Å²) < 4.78 is 0. The molecule has 0 saturated heterocycles. The molecule has 0 unspecified atom stereocenters. The highest BCUT2D eigenvalue weighted by Crippen LogP contribution is 2.10. The molecular weight excluding hydrogens is 206 g/mol. The number of carbonyl (C=O) groups excluding carboxylic acids is 1. The van der Waals surface area contributed by atoms with E-state index in [9.17, 15) is 9.59 Å². The number of carboxylic acids is 1. The molecule has 84 valence electrons. The molecule has 0 radical (unpaired) electrons. The molecule has 0 aliphatic heterocycles. The van der Waals surface area contributed by atoms with Gasteiger partial charge in [0.05, 0.1) is 0 Å². The fraction of sp³-hybridized carbons (Fsp3) is 0.167. The lowest BCUT2D eigenvalue weighted by Crippen LogP contribution is -2.08. The molecule has 0 aromatic heterocycles. The van der Waals surface area contributed by atoms with E-state index < -0.39 is 5.97 Å². The summed E-state index contributed by atoms with van der Waals surface area (Å²) in [5.41, 5.74) is 1.48. The second-order valence-corrected chi connectivity index (χ2v) is 3.20. The molecular formula is C12H13NO3. The van der Waals surface area contributed by atoms with E-state index in [0.717, 1.165) is 11.6 Å². The second-order valence-electron chi connectivity index (χ2n) is 3.20. The number of benzene rings is 1. The Hall–Kier alpha value is -2.10. The first-order valence-corrected chi connectivity index (χ1v) is 4.92. The Balaban J connectivity index is 2.68. The summed E-state index contributed by atoms with van der Waals surface area (Å²) in [5.74, 6) is -1.03. The van der Waals surface area contributed by atoms with Crippen LogP contribution in [0.15, 0.2) is 30.3 Å². The van der Waals surface area contributed by atoms with Crippen LogP contribution in [0.3, 0.4) is 0 Å². The zero-order valence-electron chi connectivity index (χ0n) is 8.93. The number of carbonyl (C=O) groups is 2. The minimum atomic E-state index is -0.983. The van der Waals surface area contributed by atoms with E-state index in [0.29, 0.717) is 12.1 Å². The minimum Gasteiger partial charge on any atom is -0.478 e. The third kappa shape index (κ3) is 3.96. The van der Waals surface area contributed by atoms with Gasteiger partial charge in [-0.1, -0.05) is 19.1 Å². The average molecular weight is 219 g/mol. The van der Waals surface area contributed by atoms with Crippen LogP contribution in [0.2, 0.25) is 0 Å². The van der Waals surface area contributed by atoms with Gasteiger partial charge >= 0.3 is 5.97 Å². The van der Waals surface area contributed by atoms with Crippen LogP contribution in [0.25, 0.3) is 6.08 Å². The van der Waals surface area contributed by atoms with Gasteiger partial charge in [0.25, 0.3) is 0 Å². The number of carboxylic acid groups (broad SMARTS) is 1. The van der Waals surface area contributed by atoms with E-state index >= 15 is 0 Å². The molecule has 2 N–H and O–H groups in total. The molecule has 4 heteroatoms. The number of aliphatic carboxylic acids is 1.